The third kappa shape index (κ3) is 3.38. The standard InChI is InChI=1S/C16H17FN2O2/c1-10-3-5-12(17)8-13(10)16(20)19-14-6-4-11(9-18)7-15(14)21-2/h3-8H,9,18H2,1-2H3,(H,19,20). The van der Waals surface area contributed by atoms with Gasteiger partial charge in [-0.3, -0.25) is 4.79 Å². The summed E-state index contributed by atoms with van der Waals surface area (Å²) >= 11 is 0. The molecule has 0 radical (unpaired) electrons. The van der Waals surface area contributed by atoms with Gasteiger partial charge in [-0.25, -0.2) is 4.39 Å². The molecule has 0 saturated carbocycles. The molecule has 2 rings (SSSR count). The quantitative estimate of drug-likeness (QED) is 0.909. The molecule has 0 bridgehead atoms. The van der Waals surface area contributed by atoms with Crippen LogP contribution in [0.2, 0.25) is 0 Å². The predicted octanol–water partition coefficient (Wildman–Crippen LogP) is 2.85. The predicted molar refractivity (Wildman–Crippen MR) is 80.0 cm³/mol. The number of hydrogen-bond acceptors (Lipinski definition) is 3. The van der Waals surface area contributed by atoms with E-state index in [1.807, 2.05) is 0 Å². The molecule has 0 heterocycles. The van der Waals surface area contributed by atoms with Gasteiger partial charge in [-0.15, -0.1) is 0 Å². The van der Waals surface area contributed by atoms with Crippen LogP contribution in [0.3, 0.4) is 0 Å². The Kier molecular flexibility index (Phi) is 4.55. The zero-order valence-corrected chi connectivity index (χ0v) is 11.9. The first kappa shape index (κ1) is 15.0. The maximum atomic E-state index is 13.3. The van der Waals surface area contributed by atoms with Crippen LogP contribution in [0.4, 0.5) is 10.1 Å². The second-order valence-electron chi connectivity index (χ2n) is 4.65. The fourth-order valence-electron chi connectivity index (χ4n) is 1.99. The van der Waals surface area contributed by atoms with Gasteiger partial charge in [0.25, 0.3) is 5.91 Å². The van der Waals surface area contributed by atoms with Crippen LogP contribution in [-0.2, 0) is 6.54 Å². The number of nitrogens with one attached hydrogen (secondary N) is 1. The van der Waals surface area contributed by atoms with Crippen molar-refractivity contribution in [1.82, 2.24) is 0 Å². The molecular formula is C16H17FN2O2. The van der Waals surface area contributed by atoms with Crippen LogP contribution in [0.15, 0.2) is 36.4 Å². The SMILES string of the molecule is COc1cc(CN)ccc1NC(=O)c1cc(F)ccc1C. The number of hydrogen-bond donors (Lipinski definition) is 2. The fourth-order valence-corrected chi connectivity index (χ4v) is 1.99. The van der Waals surface area contributed by atoms with Crippen molar-refractivity contribution in [3.05, 3.63) is 58.9 Å². The molecule has 2 aromatic carbocycles. The van der Waals surface area contributed by atoms with Crippen molar-refractivity contribution in [2.24, 2.45) is 5.73 Å². The van der Waals surface area contributed by atoms with E-state index in [1.165, 1.54) is 19.2 Å². The smallest absolute Gasteiger partial charge is 0.256 e. The van der Waals surface area contributed by atoms with E-state index in [1.54, 1.807) is 31.2 Å². The average molecular weight is 288 g/mol. The van der Waals surface area contributed by atoms with Crippen molar-refractivity contribution in [1.29, 1.82) is 0 Å². The molecule has 3 N–H and O–H groups in total. The highest BCUT2D eigenvalue weighted by atomic mass is 19.1. The fraction of sp³-hybridized carbons (Fsp3) is 0.188. The Labute approximate surface area is 122 Å². The molecule has 0 saturated heterocycles. The number of amides is 1. The lowest BCUT2D eigenvalue weighted by atomic mass is 10.1. The number of carbonyl (C=O) groups is 1. The van der Waals surface area contributed by atoms with Gasteiger partial charge >= 0.3 is 0 Å². The van der Waals surface area contributed by atoms with Gasteiger partial charge in [-0.05, 0) is 42.3 Å². The van der Waals surface area contributed by atoms with E-state index in [0.29, 0.717) is 29.1 Å². The summed E-state index contributed by atoms with van der Waals surface area (Å²) in [6, 6.07) is 9.38. The van der Waals surface area contributed by atoms with Crippen LogP contribution in [0.25, 0.3) is 0 Å². The summed E-state index contributed by atoms with van der Waals surface area (Å²) < 4.78 is 18.5. The molecule has 5 heteroatoms. The molecule has 0 fully saturated rings. The second-order valence-corrected chi connectivity index (χ2v) is 4.65. The van der Waals surface area contributed by atoms with Crippen LogP contribution in [0, 0.1) is 12.7 Å². The molecule has 21 heavy (non-hydrogen) atoms. The highest BCUT2D eigenvalue weighted by Gasteiger charge is 2.13. The van der Waals surface area contributed by atoms with E-state index < -0.39 is 5.82 Å². The number of halogens is 1. The number of nitrogens with two attached hydrogens (primary N) is 1. The summed E-state index contributed by atoms with van der Waals surface area (Å²) in [7, 11) is 1.51. The maximum Gasteiger partial charge on any atom is 0.256 e. The van der Waals surface area contributed by atoms with E-state index in [-0.39, 0.29) is 5.91 Å². The number of carbonyl (C=O) groups excluding carboxylic acids is 1. The minimum Gasteiger partial charge on any atom is -0.495 e. The van der Waals surface area contributed by atoms with Gasteiger partial charge in [0, 0.05) is 12.1 Å². The highest BCUT2D eigenvalue weighted by molar-refractivity contribution is 6.06. The minimum absolute atomic E-state index is 0.292. The Bertz CT molecular complexity index is 671. The van der Waals surface area contributed by atoms with Crippen molar-refractivity contribution >= 4 is 11.6 Å². The van der Waals surface area contributed by atoms with E-state index in [9.17, 15) is 9.18 Å². The molecule has 0 aromatic heterocycles. The number of rotatable bonds is 4. The lowest BCUT2D eigenvalue weighted by molar-refractivity contribution is 0.102. The minimum atomic E-state index is -0.448. The lowest BCUT2D eigenvalue weighted by Gasteiger charge is -2.12. The number of aryl methyl sites for hydroxylation is 1. The summed E-state index contributed by atoms with van der Waals surface area (Å²) in [5, 5.41) is 2.73. The molecule has 0 spiro atoms. The summed E-state index contributed by atoms with van der Waals surface area (Å²) in [5.74, 6) is -0.317. The molecule has 1 amide bonds. The van der Waals surface area contributed by atoms with Crippen LogP contribution in [0.1, 0.15) is 21.5 Å². The van der Waals surface area contributed by atoms with Crippen molar-refractivity contribution in [3.8, 4) is 5.75 Å². The number of benzene rings is 2. The van der Waals surface area contributed by atoms with E-state index in [4.69, 9.17) is 10.5 Å². The van der Waals surface area contributed by atoms with Gasteiger partial charge in [0.1, 0.15) is 11.6 Å². The number of anilines is 1. The highest BCUT2D eigenvalue weighted by Crippen LogP contribution is 2.26. The van der Waals surface area contributed by atoms with Crippen LogP contribution >= 0.6 is 0 Å². The summed E-state index contributed by atoms with van der Waals surface area (Å²) in [5.41, 5.74) is 7.97. The van der Waals surface area contributed by atoms with Crippen LogP contribution in [0.5, 0.6) is 5.75 Å². The van der Waals surface area contributed by atoms with Gasteiger partial charge in [-0.2, -0.15) is 0 Å². The topological polar surface area (TPSA) is 64.3 Å². The third-order valence-electron chi connectivity index (χ3n) is 3.19. The van der Waals surface area contributed by atoms with Crippen molar-refractivity contribution < 1.29 is 13.9 Å². The zero-order valence-electron chi connectivity index (χ0n) is 11.9. The molecular weight excluding hydrogens is 271 g/mol. The van der Waals surface area contributed by atoms with Crippen LogP contribution < -0.4 is 15.8 Å². The van der Waals surface area contributed by atoms with Gasteiger partial charge < -0.3 is 15.8 Å². The Balaban J connectivity index is 2.29. The van der Waals surface area contributed by atoms with Gasteiger partial charge in [0.05, 0.1) is 12.8 Å². The maximum absolute atomic E-state index is 13.3. The van der Waals surface area contributed by atoms with E-state index in [2.05, 4.69) is 5.32 Å². The largest absolute Gasteiger partial charge is 0.495 e. The van der Waals surface area contributed by atoms with Gasteiger partial charge in [0.2, 0.25) is 0 Å². The monoisotopic (exact) mass is 288 g/mol. The van der Waals surface area contributed by atoms with Crippen molar-refractivity contribution in [3.63, 3.8) is 0 Å². The third-order valence-corrected chi connectivity index (χ3v) is 3.19. The molecule has 2 aromatic rings. The molecule has 0 aliphatic rings. The Morgan fingerprint density at radius 2 is 2.05 bits per heavy atom. The molecule has 0 atom stereocenters. The van der Waals surface area contributed by atoms with Gasteiger partial charge in [0.15, 0.2) is 0 Å². The molecule has 0 aliphatic heterocycles. The van der Waals surface area contributed by atoms with Crippen LogP contribution in [-0.4, -0.2) is 13.0 Å². The summed E-state index contributed by atoms with van der Waals surface area (Å²) in [6.07, 6.45) is 0. The molecule has 4 nitrogen and oxygen atoms in total. The Hall–Kier alpha value is -2.40. The van der Waals surface area contributed by atoms with E-state index in [0.717, 1.165) is 5.56 Å². The normalized spacial score (nSPS) is 10.3. The number of ether oxygens (including phenoxy) is 1. The van der Waals surface area contributed by atoms with Crippen molar-refractivity contribution in [2.45, 2.75) is 13.5 Å². The Morgan fingerprint density at radius 3 is 2.71 bits per heavy atom. The Morgan fingerprint density at radius 1 is 1.29 bits per heavy atom. The number of methoxy groups -OCH3 is 1. The molecule has 110 valence electrons. The first-order valence-corrected chi connectivity index (χ1v) is 6.49. The van der Waals surface area contributed by atoms with E-state index >= 15 is 0 Å². The second kappa shape index (κ2) is 6.37. The van der Waals surface area contributed by atoms with Gasteiger partial charge in [-0.1, -0.05) is 12.1 Å². The molecule has 0 unspecified atom stereocenters. The molecule has 0 aliphatic carbocycles. The zero-order chi connectivity index (χ0) is 15.4. The summed E-state index contributed by atoms with van der Waals surface area (Å²) in [6.45, 7) is 2.14. The first-order valence-electron chi connectivity index (χ1n) is 6.49. The average Bonchev–Trinajstić information content (AvgIpc) is 2.49. The van der Waals surface area contributed by atoms with Crippen molar-refractivity contribution in [2.75, 3.05) is 12.4 Å². The first-order chi connectivity index (χ1) is 10.0. The lowest BCUT2D eigenvalue weighted by Crippen LogP contribution is -2.14. The summed E-state index contributed by atoms with van der Waals surface area (Å²) in [4.78, 5) is 12.3.